The molecule has 4 rings (SSSR count). The van der Waals surface area contributed by atoms with Gasteiger partial charge in [-0.3, -0.25) is 9.59 Å². The Balaban J connectivity index is 1.45. The Bertz CT molecular complexity index is 916. The molecule has 2 aromatic rings. The topological polar surface area (TPSA) is 103 Å². The maximum absolute atomic E-state index is 12.6. The number of rotatable bonds is 7. The first kappa shape index (κ1) is 19.4. The molecule has 2 heterocycles. The lowest BCUT2D eigenvalue weighted by atomic mass is 9.88. The van der Waals surface area contributed by atoms with E-state index in [9.17, 15) is 9.59 Å². The molecule has 150 valence electrons. The highest BCUT2D eigenvalue weighted by molar-refractivity contribution is 7.99. The van der Waals surface area contributed by atoms with Crippen molar-refractivity contribution in [3.8, 4) is 0 Å². The van der Waals surface area contributed by atoms with Crippen LogP contribution in [0, 0.1) is 5.92 Å². The second kappa shape index (κ2) is 7.87. The first-order valence-corrected chi connectivity index (χ1v) is 11.6. The maximum atomic E-state index is 12.6. The van der Waals surface area contributed by atoms with Crippen LogP contribution in [-0.2, 0) is 24.2 Å². The van der Waals surface area contributed by atoms with Crippen molar-refractivity contribution in [1.82, 2.24) is 14.8 Å². The summed E-state index contributed by atoms with van der Waals surface area (Å²) < 4.78 is 2.09. The predicted molar refractivity (Wildman–Crippen MR) is 111 cm³/mol. The van der Waals surface area contributed by atoms with E-state index in [1.165, 1.54) is 40.8 Å². The van der Waals surface area contributed by atoms with E-state index in [0.29, 0.717) is 22.4 Å². The number of carbonyl (C=O) groups excluding carboxylic acids is 2. The minimum atomic E-state index is -0.463. The molecule has 1 atom stereocenters. The quantitative estimate of drug-likeness (QED) is 0.671. The molecule has 9 heteroatoms. The molecular weight excluding hydrogens is 394 g/mol. The minimum absolute atomic E-state index is 0.155. The lowest BCUT2D eigenvalue weighted by Crippen LogP contribution is -2.20. The average Bonchev–Trinajstić information content (AvgIpc) is 3.31. The lowest BCUT2D eigenvalue weighted by Gasteiger charge is -2.18. The third-order valence-electron chi connectivity index (χ3n) is 5.35. The Labute approximate surface area is 172 Å². The van der Waals surface area contributed by atoms with E-state index in [2.05, 4.69) is 33.9 Å². The molecule has 2 aliphatic carbocycles. The highest BCUT2D eigenvalue weighted by atomic mass is 32.2. The summed E-state index contributed by atoms with van der Waals surface area (Å²) in [5.74, 6) is 1.75. The molecule has 0 bridgehead atoms. The molecule has 0 unspecified atom stereocenters. The Kier molecular flexibility index (Phi) is 5.46. The van der Waals surface area contributed by atoms with Gasteiger partial charge in [0.15, 0.2) is 5.16 Å². The normalized spacial score (nSPS) is 18.7. The summed E-state index contributed by atoms with van der Waals surface area (Å²) in [5, 5.41) is 12.8. The molecule has 0 spiro atoms. The van der Waals surface area contributed by atoms with E-state index < -0.39 is 5.91 Å². The highest BCUT2D eigenvalue weighted by Gasteiger charge is 2.30. The fourth-order valence-corrected chi connectivity index (χ4v) is 5.98. The van der Waals surface area contributed by atoms with Crippen LogP contribution >= 0.6 is 23.1 Å². The number of thioether (sulfide) groups is 1. The Hall–Kier alpha value is -1.87. The van der Waals surface area contributed by atoms with Crippen LogP contribution in [0.2, 0.25) is 0 Å². The third-order valence-corrected chi connectivity index (χ3v) is 7.48. The average molecular weight is 420 g/mol. The fourth-order valence-electron chi connectivity index (χ4n) is 3.74. The standard InChI is InChI=1S/C19H25N5O2S2/c1-3-24-17(11-5-6-11)22-23-19(24)27-9-14(25)21-18-15(16(20)26)12-7-4-10(2)8-13(12)28-18/h10-11H,3-9H2,1-2H3,(H2,20,26)(H,21,25)/t10-/m0/s1. The molecule has 28 heavy (non-hydrogen) atoms. The van der Waals surface area contributed by atoms with Crippen molar-refractivity contribution in [1.29, 1.82) is 0 Å². The number of nitrogens with zero attached hydrogens (tertiary/aromatic N) is 3. The Morgan fingerprint density at radius 2 is 2.11 bits per heavy atom. The van der Waals surface area contributed by atoms with Crippen molar-refractivity contribution in [3.63, 3.8) is 0 Å². The molecule has 7 nitrogen and oxygen atoms in total. The molecule has 2 aromatic heterocycles. The van der Waals surface area contributed by atoms with E-state index in [1.54, 1.807) is 0 Å². The second-order valence-electron chi connectivity index (χ2n) is 7.62. The molecule has 0 aromatic carbocycles. The smallest absolute Gasteiger partial charge is 0.251 e. The number of nitrogens with two attached hydrogens (primary N) is 1. The number of anilines is 1. The number of aromatic nitrogens is 3. The monoisotopic (exact) mass is 419 g/mol. The fraction of sp³-hybridized carbons (Fsp3) is 0.579. The SMILES string of the molecule is CCn1c(SCC(=O)Nc2sc3c(c2C(N)=O)CC[C@H](C)C3)nnc1C1CC1. The third kappa shape index (κ3) is 3.82. The summed E-state index contributed by atoms with van der Waals surface area (Å²) in [7, 11) is 0. The van der Waals surface area contributed by atoms with Gasteiger partial charge in [0, 0.05) is 17.3 Å². The van der Waals surface area contributed by atoms with Gasteiger partial charge in [-0.25, -0.2) is 0 Å². The number of primary amides is 1. The predicted octanol–water partition coefficient (Wildman–Crippen LogP) is 3.19. The van der Waals surface area contributed by atoms with Crippen LogP contribution in [0.1, 0.15) is 65.7 Å². The summed E-state index contributed by atoms with van der Waals surface area (Å²) in [6.07, 6.45) is 5.17. The van der Waals surface area contributed by atoms with Crippen LogP contribution in [-0.4, -0.2) is 32.3 Å². The molecule has 3 N–H and O–H groups in total. The maximum Gasteiger partial charge on any atom is 0.251 e. The van der Waals surface area contributed by atoms with Crippen molar-refractivity contribution in [3.05, 3.63) is 21.8 Å². The van der Waals surface area contributed by atoms with Crippen LogP contribution in [0.5, 0.6) is 0 Å². The van der Waals surface area contributed by atoms with Gasteiger partial charge < -0.3 is 15.6 Å². The van der Waals surface area contributed by atoms with Crippen molar-refractivity contribution in [2.45, 2.75) is 63.6 Å². The highest BCUT2D eigenvalue weighted by Crippen LogP contribution is 2.41. The molecule has 0 radical (unpaired) electrons. The van der Waals surface area contributed by atoms with Crippen LogP contribution < -0.4 is 11.1 Å². The van der Waals surface area contributed by atoms with Gasteiger partial charge in [-0.1, -0.05) is 18.7 Å². The van der Waals surface area contributed by atoms with Gasteiger partial charge in [-0.15, -0.1) is 21.5 Å². The number of hydrogen-bond donors (Lipinski definition) is 2. The van der Waals surface area contributed by atoms with Crippen LogP contribution in [0.15, 0.2) is 5.16 Å². The molecule has 2 aliphatic rings. The van der Waals surface area contributed by atoms with Crippen molar-refractivity contribution < 1.29 is 9.59 Å². The van der Waals surface area contributed by atoms with Gasteiger partial charge in [0.1, 0.15) is 10.8 Å². The molecule has 1 fully saturated rings. The zero-order valence-electron chi connectivity index (χ0n) is 16.2. The zero-order valence-corrected chi connectivity index (χ0v) is 17.8. The van der Waals surface area contributed by atoms with Gasteiger partial charge in [-0.05, 0) is 50.5 Å². The number of hydrogen-bond acceptors (Lipinski definition) is 6. The van der Waals surface area contributed by atoms with E-state index in [1.807, 2.05) is 0 Å². The van der Waals surface area contributed by atoms with E-state index in [4.69, 9.17) is 5.73 Å². The van der Waals surface area contributed by atoms with Crippen molar-refractivity contribution in [2.24, 2.45) is 11.7 Å². The zero-order chi connectivity index (χ0) is 19.8. The van der Waals surface area contributed by atoms with Crippen molar-refractivity contribution >= 4 is 39.9 Å². The Morgan fingerprint density at radius 1 is 1.32 bits per heavy atom. The van der Waals surface area contributed by atoms with Gasteiger partial charge in [0.2, 0.25) is 5.91 Å². The number of amides is 2. The summed E-state index contributed by atoms with van der Waals surface area (Å²) in [6, 6.07) is 0. The summed E-state index contributed by atoms with van der Waals surface area (Å²) >= 11 is 2.87. The number of nitrogens with one attached hydrogen (secondary N) is 1. The van der Waals surface area contributed by atoms with E-state index in [-0.39, 0.29) is 11.7 Å². The molecular formula is C19H25N5O2S2. The van der Waals surface area contributed by atoms with Gasteiger partial charge in [0.05, 0.1) is 11.3 Å². The van der Waals surface area contributed by atoms with Gasteiger partial charge >= 0.3 is 0 Å². The molecule has 0 saturated heterocycles. The van der Waals surface area contributed by atoms with E-state index >= 15 is 0 Å². The largest absolute Gasteiger partial charge is 0.365 e. The second-order valence-corrected chi connectivity index (χ2v) is 9.66. The van der Waals surface area contributed by atoms with Crippen LogP contribution in [0.4, 0.5) is 5.00 Å². The first-order chi connectivity index (χ1) is 13.5. The Morgan fingerprint density at radius 3 is 2.79 bits per heavy atom. The lowest BCUT2D eigenvalue weighted by molar-refractivity contribution is -0.113. The number of thiophene rings is 1. The molecule has 2 amide bonds. The molecule has 0 aliphatic heterocycles. The summed E-state index contributed by atoms with van der Waals surface area (Å²) in [5.41, 5.74) is 7.15. The number of carbonyl (C=O) groups is 2. The van der Waals surface area contributed by atoms with Crippen molar-refractivity contribution in [2.75, 3.05) is 11.1 Å². The number of fused-ring (bicyclic) bond motifs is 1. The minimum Gasteiger partial charge on any atom is -0.365 e. The first-order valence-electron chi connectivity index (χ1n) is 9.78. The van der Waals surface area contributed by atoms with E-state index in [0.717, 1.165) is 42.4 Å². The van der Waals surface area contributed by atoms with Crippen LogP contribution in [0.25, 0.3) is 0 Å². The van der Waals surface area contributed by atoms with Crippen LogP contribution in [0.3, 0.4) is 0 Å². The van der Waals surface area contributed by atoms with Gasteiger partial charge in [0.25, 0.3) is 5.91 Å². The van der Waals surface area contributed by atoms with Gasteiger partial charge in [-0.2, -0.15) is 0 Å². The molecule has 1 saturated carbocycles. The summed E-state index contributed by atoms with van der Waals surface area (Å²) in [6.45, 7) is 5.07. The summed E-state index contributed by atoms with van der Waals surface area (Å²) in [4.78, 5) is 25.7.